The van der Waals surface area contributed by atoms with Crippen molar-refractivity contribution in [2.45, 2.75) is 0 Å². The maximum absolute atomic E-state index is 12.0. The molecule has 1 N–H and O–H groups in total. The van der Waals surface area contributed by atoms with Crippen molar-refractivity contribution in [1.29, 1.82) is 0 Å². The molecule has 1 aromatic rings. The minimum absolute atomic E-state index is 0.0857. The monoisotopic (exact) mass is 317 g/mol. The molecule has 0 spiro atoms. The van der Waals surface area contributed by atoms with E-state index < -0.39 is 0 Å². The Morgan fingerprint density at radius 1 is 1.40 bits per heavy atom. The van der Waals surface area contributed by atoms with Gasteiger partial charge in [0.05, 0.1) is 5.56 Å². The third-order valence-corrected chi connectivity index (χ3v) is 2.95. The van der Waals surface area contributed by atoms with Crippen LogP contribution >= 0.6 is 22.6 Å². The van der Waals surface area contributed by atoms with Crippen LogP contribution in [0.25, 0.3) is 0 Å². The summed E-state index contributed by atoms with van der Waals surface area (Å²) in [4.78, 5) is 17.9. The Kier molecular flexibility index (Phi) is 3.53. The molecular formula is C10H12IN3O. The zero-order valence-electron chi connectivity index (χ0n) is 8.24. The van der Waals surface area contributed by atoms with Crippen LogP contribution in [-0.4, -0.2) is 42.0 Å². The zero-order valence-corrected chi connectivity index (χ0v) is 10.4. The molecule has 0 aromatic carbocycles. The molecule has 0 bridgehead atoms. The van der Waals surface area contributed by atoms with Gasteiger partial charge in [-0.25, -0.2) is 0 Å². The molecule has 0 unspecified atom stereocenters. The summed E-state index contributed by atoms with van der Waals surface area (Å²) in [6.07, 6.45) is 3.38. The Morgan fingerprint density at radius 3 is 2.80 bits per heavy atom. The average Bonchev–Trinajstić information content (AvgIpc) is 2.29. The number of aromatic nitrogens is 1. The van der Waals surface area contributed by atoms with Crippen molar-refractivity contribution in [2.75, 3.05) is 26.2 Å². The normalized spacial score (nSPS) is 16.5. The molecule has 15 heavy (non-hydrogen) atoms. The highest BCUT2D eigenvalue weighted by molar-refractivity contribution is 14.1. The zero-order chi connectivity index (χ0) is 10.7. The van der Waals surface area contributed by atoms with Crippen LogP contribution in [0.2, 0.25) is 0 Å². The number of hydrogen-bond donors (Lipinski definition) is 1. The molecule has 1 aromatic heterocycles. The van der Waals surface area contributed by atoms with Crippen molar-refractivity contribution < 1.29 is 4.79 Å². The predicted octanol–water partition coefficient (Wildman–Crippen LogP) is 0.732. The van der Waals surface area contributed by atoms with Gasteiger partial charge in [-0.1, -0.05) is 0 Å². The number of halogens is 1. The minimum atomic E-state index is 0.0857. The Balaban J connectivity index is 2.12. The van der Waals surface area contributed by atoms with Gasteiger partial charge < -0.3 is 10.2 Å². The first-order valence-electron chi connectivity index (χ1n) is 4.88. The van der Waals surface area contributed by atoms with E-state index in [1.54, 1.807) is 12.4 Å². The smallest absolute Gasteiger partial charge is 0.255 e. The summed E-state index contributed by atoms with van der Waals surface area (Å²) in [6, 6.07) is 1.87. The van der Waals surface area contributed by atoms with E-state index in [4.69, 9.17) is 0 Å². The molecule has 2 rings (SSSR count). The Morgan fingerprint density at radius 2 is 2.13 bits per heavy atom. The molecule has 4 nitrogen and oxygen atoms in total. The van der Waals surface area contributed by atoms with Crippen molar-refractivity contribution >= 4 is 28.5 Å². The lowest BCUT2D eigenvalue weighted by Crippen LogP contribution is -2.46. The van der Waals surface area contributed by atoms with Crippen molar-refractivity contribution in [1.82, 2.24) is 15.2 Å². The summed E-state index contributed by atoms with van der Waals surface area (Å²) in [5.41, 5.74) is 0.684. The maximum Gasteiger partial charge on any atom is 0.255 e. The molecule has 0 saturated carbocycles. The Bertz CT molecular complexity index is 363. The van der Waals surface area contributed by atoms with Gasteiger partial charge in [-0.15, -0.1) is 0 Å². The number of pyridine rings is 1. The molecule has 1 aliphatic heterocycles. The number of hydrogen-bond acceptors (Lipinski definition) is 3. The first-order valence-corrected chi connectivity index (χ1v) is 5.96. The number of nitrogens with one attached hydrogen (secondary N) is 1. The third-order valence-electron chi connectivity index (χ3n) is 2.36. The average molecular weight is 317 g/mol. The van der Waals surface area contributed by atoms with E-state index in [1.807, 2.05) is 11.0 Å². The molecule has 1 aliphatic rings. The summed E-state index contributed by atoms with van der Waals surface area (Å²) in [5.74, 6) is 0.0857. The van der Waals surface area contributed by atoms with Crippen molar-refractivity contribution in [2.24, 2.45) is 0 Å². The quantitative estimate of drug-likeness (QED) is 0.777. The summed E-state index contributed by atoms with van der Waals surface area (Å²) < 4.78 is 0.994. The van der Waals surface area contributed by atoms with Crippen LogP contribution < -0.4 is 5.32 Å². The highest BCUT2D eigenvalue weighted by atomic mass is 127. The van der Waals surface area contributed by atoms with Gasteiger partial charge in [-0.3, -0.25) is 9.78 Å². The van der Waals surface area contributed by atoms with Gasteiger partial charge in [-0.05, 0) is 28.7 Å². The largest absolute Gasteiger partial charge is 0.336 e. The SMILES string of the molecule is O=C(c1cncc(I)c1)N1CCNCC1. The van der Waals surface area contributed by atoms with Gasteiger partial charge in [0.25, 0.3) is 5.91 Å². The highest BCUT2D eigenvalue weighted by Crippen LogP contribution is 2.09. The summed E-state index contributed by atoms with van der Waals surface area (Å²) >= 11 is 2.16. The number of piperazine rings is 1. The fourth-order valence-corrected chi connectivity index (χ4v) is 2.08. The lowest BCUT2D eigenvalue weighted by Gasteiger charge is -2.27. The van der Waals surface area contributed by atoms with E-state index in [0.717, 1.165) is 29.7 Å². The van der Waals surface area contributed by atoms with Crippen LogP contribution in [0.1, 0.15) is 10.4 Å². The minimum Gasteiger partial charge on any atom is -0.336 e. The second kappa shape index (κ2) is 4.89. The van der Waals surface area contributed by atoms with Gasteiger partial charge in [0.1, 0.15) is 0 Å². The van der Waals surface area contributed by atoms with E-state index in [2.05, 4.69) is 32.9 Å². The molecule has 0 aliphatic carbocycles. The molecule has 2 heterocycles. The Labute approximate surface area is 102 Å². The number of amides is 1. The van der Waals surface area contributed by atoms with Crippen LogP contribution in [0.4, 0.5) is 0 Å². The van der Waals surface area contributed by atoms with Crippen molar-refractivity contribution in [3.8, 4) is 0 Å². The fourth-order valence-electron chi connectivity index (χ4n) is 1.58. The topological polar surface area (TPSA) is 45.2 Å². The molecule has 0 radical (unpaired) electrons. The van der Waals surface area contributed by atoms with E-state index in [0.29, 0.717) is 5.56 Å². The lowest BCUT2D eigenvalue weighted by molar-refractivity contribution is 0.0735. The van der Waals surface area contributed by atoms with Crippen LogP contribution in [0, 0.1) is 3.57 Å². The standard InChI is InChI=1S/C10H12IN3O/c11-9-5-8(6-13-7-9)10(15)14-3-1-12-2-4-14/h5-7,12H,1-4H2. The summed E-state index contributed by atoms with van der Waals surface area (Å²) in [6.45, 7) is 3.32. The number of rotatable bonds is 1. The second-order valence-corrected chi connectivity index (χ2v) is 4.68. The summed E-state index contributed by atoms with van der Waals surface area (Å²) in [5, 5.41) is 3.22. The van der Waals surface area contributed by atoms with Gasteiger partial charge in [-0.2, -0.15) is 0 Å². The number of nitrogens with zero attached hydrogens (tertiary/aromatic N) is 2. The molecular weight excluding hydrogens is 305 g/mol. The first-order chi connectivity index (χ1) is 7.27. The third kappa shape index (κ3) is 2.66. The second-order valence-electron chi connectivity index (χ2n) is 3.43. The van der Waals surface area contributed by atoms with Crippen LogP contribution in [-0.2, 0) is 0 Å². The van der Waals surface area contributed by atoms with Gasteiger partial charge in [0.2, 0.25) is 0 Å². The van der Waals surface area contributed by atoms with E-state index >= 15 is 0 Å². The van der Waals surface area contributed by atoms with E-state index in [-0.39, 0.29) is 5.91 Å². The predicted molar refractivity (Wildman–Crippen MR) is 65.7 cm³/mol. The lowest BCUT2D eigenvalue weighted by atomic mass is 10.2. The fraction of sp³-hybridized carbons (Fsp3) is 0.400. The van der Waals surface area contributed by atoms with Gasteiger partial charge >= 0.3 is 0 Å². The van der Waals surface area contributed by atoms with Crippen LogP contribution in [0.5, 0.6) is 0 Å². The van der Waals surface area contributed by atoms with Crippen molar-refractivity contribution in [3.63, 3.8) is 0 Å². The van der Waals surface area contributed by atoms with Gasteiger partial charge in [0, 0.05) is 42.1 Å². The van der Waals surface area contributed by atoms with Crippen LogP contribution in [0.15, 0.2) is 18.5 Å². The van der Waals surface area contributed by atoms with E-state index in [1.165, 1.54) is 0 Å². The Hall–Kier alpha value is -0.690. The molecule has 80 valence electrons. The van der Waals surface area contributed by atoms with Gasteiger partial charge in [0.15, 0.2) is 0 Å². The highest BCUT2D eigenvalue weighted by Gasteiger charge is 2.17. The molecule has 1 fully saturated rings. The molecule has 1 saturated heterocycles. The molecule has 0 atom stereocenters. The van der Waals surface area contributed by atoms with Crippen molar-refractivity contribution in [3.05, 3.63) is 27.6 Å². The summed E-state index contributed by atoms with van der Waals surface area (Å²) in [7, 11) is 0. The number of carbonyl (C=O) groups excluding carboxylic acids is 1. The molecule has 5 heteroatoms. The maximum atomic E-state index is 12.0. The number of carbonyl (C=O) groups is 1. The molecule has 1 amide bonds. The van der Waals surface area contributed by atoms with E-state index in [9.17, 15) is 4.79 Å². The van der Waals surface area contributed by atoms with Crippen LogP contribution in [0.3, 0.4) is 0 Å². The first kappa shape index (κ1) is 10.8.